The van der Waals surface area contributed by atoms with Crippen molar-refractivity contribution in [2.24, 2.45) is 0 Å². The molecule has 16 heavy (non-hydrogen) atoms. The Morgan fingerprint density at radius 2 is 1.94 bits per heavy atom. The Bertz CT molecular complexity index is 417. The third-order valence-corrected chi connectivity index (χ3v) is 2.78. The number of aromatic hydroxyl groups is 2. The first-order valence-corrected chi connectivity index (χ1v) is 5.53. The maximum absolute atomic E-state index is 10.0. The van der Waals surface area contributed by atoms with E-state index in [4.69, 9.17) is 0 Å². The lowest BCUT2D eigenvalue weighted by Gasteiger charge is -2.16. The van der Waals surface area contributed by atoms with Crippen molar-refractivity contribution >= 4 is 0 Å². The van der Waals surface area contributed by atoms with Gasteiger partial charge in [0.15, 0.2) is 0 Å². The number of phenolic OH excluding ortho intramolecular Hbond substituents is 2. The van der Waals surface area contributed by atoms with Crippen molar-refractivity contribution in [3.8, 4) is 11.5 Å². The normalized spacial score (nSPS) is 10.8. The molecule has 0 radical (unpaired) electrons. The molecule has 88 valence electrons. The van der Waals surface area contributed by atoms with Gasteiger partial charge in [-0.3, -0.25) is 0 Å². The van der Waals surface area contributed by atoms with Crippen molar-refractivity contribution in [2.45, 2.75) is 40.0 Å². The Kier molecular flexibility index (Phi) is 3.63. The fourth-order valence-corrected chi connectivity index (χ4v) is 1.82. The summed E-state index contributed by atoms with van der Waals surface area (Å²) in [5, 5.41) is 20.0. The fourth-order valence-electron chi connectivity index (χ4n) is 1.82. The van der Waals surface area contributed by atoms with E-state index >= 15 is 0 Å². The van der Waals surface area contributed by atoms with Gasteiger partial charge < -0.3 is 10.2 Å². The van der Waals surface area contributed by atoms with Crippen molar-refractivity contribution in [2.75, 3.05) is 0 Å². The Morgan fingerprint density at radius 3 is 2.38 bits per heavy atom. The molecule has 0 saturated carbocycles. The molecule has 1 rings (SSSR count). The maximum Gasteiger partial charge on any atom is 0.122 e. The Morgan fingerprint density at radius 1 is 1.38 bits per heavy atom. The van der Waals surface area contributed by atoms with Crippen LogP contribution < -0.4 is 0 Å². The van der Waals surface area contributed by atoms with Crippen LogP contribution in [0.5, 0.6) is 11.5 Å². The number of allylic oxidation sites excluding steroid dienone is 1. The molecule has 0 aliphatic rings. The van der Waals surface area contributed by atoms with Crippen LogP contribution >= 0.6 is 0 Å². The molecular weight excluding hydrogens is 200 g/mol. The van der Waals surface area contributed by atoms with E-state index in [0.717, 1.165) is 22.3 Å². The van der Waals surface area contributed by atoms with Crippen LogP contribution in [0, 0.1) is 6.92 Å². The summed E-state index contributed by atoms with van der Waals surface area (Å²) < 4.78 is 0. The molecule has 0 bridgehead atoms. The zero-order valence-corrected chi connectivity index (χ0v) is 10.5. The van der Waals surface area contributed by atoms with Crippen molar-refractivity contribution in [3.05, 3.63) is 34.9 Å². The smallest absolute Gasteiger partial charge is 0.122 e. The highest BCUT2D eigenvalue weighted by Crippen LogP contribution is 2.37. The van der Waals surface area contributed by atoms with Crippen LogP contribution in [0.15, 0.2) is 18.2 Å². The summed E-state index contributed by atoms with van der Waals surface area (Å²) in [4.78, 5) is 0. The highest BCUT2D eigenvalue weighted by molar-refractivity contribution is 5.53. The Balaban J connectivity index is 3.34. The van der Waals surface area contributed by atoms with E-state index in [-0.39, 0.29) is 11.7 Å². The second kappa shape index (κ2) is 4.60. The zero-order chi connectivity index (χ0) is 12.5. The van der Waals surface area contributed by atoms with Crippen LogP contribution in [-0.2, 0) is 6.42 Å². The molecule has 2 nitrogen and oxygen atoms in total. The van der Waals surface area contributed by atoms with Gasteiger partial charge in [-0.05, 0) is 37.8 Å². The van der Waals surface area contributed by atoms with E-state index in [0.29, 0.717) is 12.2 Å². The van der Waals surface area contributed by atoms with Crippen LogP contribution in [-0.4, -0.2) is 10.2 Å². The summed E-state index contributed by atoms with van der Waals surface area (Å²) >= 11 is 0. The molecular formula is C14H20O2. The number of hydrogen-bond acceptors (Lipinski definition) is 2. The predicted octanol–water partition coefficient (Wildman–Crippen LogP) is 3.65. The second-order valence-corrected chi connectivity index (χ2v) is 4.73. The number of phenols is 2. The van der Waals surface area contributed by atoms with Crippen LogP contribution in [0.3, 0.4) is 0 Å². The summed E-state index contributed by atoms with van der Waals surface area (Å²) in [5.74, 6) is 0.745. The van der Waals surface area contributed by atoms with Gasteiger partial charge in [-0.2, -0.15) is 0 Å². The summed E-state index contributed by atoms with van der Waals surface area (Å²) in [6, 6.07) is 1.66. The van der Waals surface area contributed by atoms with E-state index in [2.05, 4.69) is 6.58 Å². The van der Waals surface area contributed by atoms with Gasteiger partial charge in [0.25, 0.3) is 0 Å². The topological polar surface area (TPSA) is 40.5 Å². The first-order chi connectivity index (χ1) is 7.34. The van der Waals surface area contributed by atoms with Gasteiger partial charge in [-0.25, -0.2) is 0 Å². The molecule has 0 amide bonds. The zero-order valence-electron chi connectivity index (χ0n) is 10.5. The molecule has 1 aromatic rings. The van der Waals surface area contributed by atoms with E-state index < -0.39 is 0 Å². The van der Waals surface area contributed by atoms with Crippen LogP contribution in [0.1, 0.15) is 43.4 Å². The van der Waals surface area contributed by atoms with Crippen molar-refractivity contribution < 1.29 is 10.2 Å². The molecule has 0 aromatic heterocycles. The minimum Gasteiger partial charge on any atom is -0.508 e. The predicted molar refractivity (Wildman–Crippen MR) is 67.1 cm³/mol. The second-order valence-electron chi connectivity index (χ2n) is 4.73. The van der Waals surface area contributed by atoms with E-state index in [1.165, 1.54) is 0 Å². The van der Waals surface area contributed by atoms with E-state index in [1.807, 2.05) is 27.7 Å². The molecule has 0 atom stereocenters. The monoisotopic (exact) mass is 220 g/mol. The minimum absolute atomic E-state index is 0.198. The van der Waals surface area contributed by atoms with Gasteiger partial charge in [-0.15, -0.1) is 0 Å². The molecule has 0 unspecified atom stereocenters. The molecule has 0 heterocycles. The van der Waals surface area contributed by atoms with E-state index in [9.17, 15) is 10.2 Å². The molecule has 2 heteroatoms. The third-order valence-electron chi connectivity index (χ3n) is 2.78. The molecule has 0 fully saturated rings. The lowest BCUT2D eigenvalue weighted by Crippen LogP contribution is -1.97. The fraction of sp³-hybridized carbons (Fsp3) is 0.429. The van der Waals surface area contributed by atoms with Gasteiger partial charge in [-0.1, -0.05) is 26.0 Å². The Hall–Kier alpha value is -1.44. The molecule has 1 aromatic carbocycles. The molecule has 0 spiro atoms. The van der Waals surface area contributed by atoms with Gasteiger partial charge in [0.05, 0.1) is 0 Å². The van der Waals surface area contributed by atoms with Gasteiger partial charge in [0.1, 0.15) is 11.5 Å². The van der Waals surface area contributed by atoms with Crippen molar-refractivity contribution in [1.82, 2.24) is 0 Å². The molecule has 2 N–H and O–H groups in total. The standard InChI is InChI=1S/C14H20O2/c1-8(2)6-12-10(5)14(16)11(9(3)4)7-13(12)15/h7,9,15-16H,1,6H2,2-5H3. The number of hydrogen-bond donors (Lipinski definition) is 2. The third kappa shape index (κ3) is 2.38. The van der Waals surface area contributed by atoms with Crippen LogP contribution in [0.25, 0.3) is 0 Å². The summed E-state index contributed by atoms with van der Waals surface area (Å²) in [6.07, 6.45) is 0.601. The van der Waals surface area contributed by atoms with Crippen LogP contribution in [0.2, 0.25) is 0 Å². The molecule has 0 aliphatic heterocycles. The summed E-state index contributed by atoms with van der Waals surface area (Å²) in [6.45, 7) is 11.6. The molecule has 0 saturated heterocycles. The molecule has 0 aliphatic carbocycles. The maximum atomic E-state index is 10.0. The van der Waals surface area contributed by atoms with Gasteiger partial charge in [0.2, 0.25) is 0 Å². The van der Waals surface area contributed by atoms with Crippen molar-refractivity contribution in [3.63, 3.8) is 0 Å². The van der Waals surface area contributed by atoms with E-state index in [1.54, 1.807) is 6.07 Å². The van der Waals surface area contributed by atoms with Gasteiger partial charge >= 0.3 is 0 Å². The van der Waals surface area contributed by atoms with Gasteiger partial charge in [0, 0.05) is 11.1 Å². The number of rotatable bonds is 3. The quantitative estimate of drug-likeness (QED) is 0.603. The number of benzene rings is 1. The average molecular weight is 220 g/mol. The SMILES string of the molecule is C=C(C)Cc1c(O)cc(C(C)C)c(O)c1C. The largest absolute Gasteiger partial charge is 0.508 e. The lowest BCUT2D eigenvalue weighted by atomic mass is 9.93. The first kappa shape index (κ1) is 12.6. The highest BCUT2D eigenvalue weighted by Gasteiger charge is 2.15. The van der Waals surface area contributed by atoms with Crippen molar-refractivity contribution in [1.29, 1.82) is 0 Å². The Labute approximate surface area is 97.2 Å². The average Bonchev–Trinajstić information content (AvgIpc) is 2.17. The summed E-state index contributed by atoms with van der Waals surface area (Å²) in [5.41, 5.74) is 3.29. The minimum atomic E-state index is 0.198. The summed E-state index contributed by atoms with van der Waals surface area (Å²) in [7, 11) is 0. The first-order valence-electron chi connectivity index (χ1n) is 5.53. The van der Waals surface area contributed by atoms with Crippen LogP contribution in [0.4, 0.5) is 0 Å². The highest BCUT2D eigenvalue weighted by atomic mass is 16.3. The lowest BCUT2D eigenvalue weighted by molar-refractivity contribution is 0.443.